The number of nitrogens with one attached hydrogen (secondary N) is 1. The lowest BCUT2D eigenvalue weighted by Gasteiger charge is -2.22. The Hall–Kier alpha value is -3.24. The Balaban J connectivity index is 1.75. The number of carbonyl (C=O) groups is 2. The molecule has 0 aliphatic carbocycles. The van der Waals surface area contributed by atoms with Crippen LogP contribution in [0.4, 0.5) is 10.8 Å². The van der Waals surface area contributed by atoms with E-state index in [9.17, 15) is 18.0 Å². The second-order valence-corrected chi connectivity index (χ2v) is 8.96. The van der Waals surface area contributed by atoms with Gasteiger partial charge in [0.15, 0.2) is 10.8 Å². The Morgan fingerprint density at radius 1 is 1.06 bits per heavy atom. The number of hydrogen-bond donors (Lipinski definition) is 1. The van der Waals surface area contributed by atoms with Crippen LogP contribution in [0, 0.1) is 0 Å². The fraction of sp³-hybridized carbons (Fsp3) is 0.190. The third kappa shape index (κ3) is 5.09. The van der Waals surface area contributed by atoms with E-state index in [4.69, 9.17) is 4.74 Å². The van der Waals surface area contributed by atoms with Crippen LogP contribution in [-0.4, -0.2) is 38.4 Å². The monoisotopic (exact) mass is 459 g/mol. The highest BCUT2D eigenvalue weighted by molar-refractivity contribution is 7.92. The first-order chi connectivity index (χ1) is 14.9. The molecule has 0 saturated heterocycles. The van der Waals surface area contributed by atoms with Gasteiger partial charge in [0.2, 0.25) is 0 Å². The smallest absolute Gasteiger partial charge is 0.357 e. The molecule has 0 fully saturated rings. The van der Waals surface area contributed by atoms with Crippen molar-refractivity contribution in [3.8, 4) is 0 Å². The average Bonchev–Trinajstić information content (AvgIpc) is 3.24. The third-order valence-electron chi connectivity index (χ3n) is 4.25. The van der Waals surface area contributed by atoms with Crippen molar-refractivity contribution in [1.82, 2.24) is 4.98 Å². The van der Waals surface area contributed by atoms with E-state index in [0.29, 0.717) is 5.69 Å². The summed E-state index contributed by atoms with van der Waals surface area (Å²) in [5.41, 5.74) is 0.937. The van der Waals surface area contributed by atoms with Crippen LogP contribution in [0.1, 0.15) is 34.7 Å². The molecule has 0 radical (unpaired) electrons. The summed E-state index contributed by atoms with van der Waals surface area (Å²) in [5.74, 6) is -1.03. The number of hydrogen-bond acceptors (Lipinski definition) is 7. The number of esters is 1. The van der Waals surface area contributed by atoms with Crippen molar-refractivity contribution in [2.45, 2.75) is 18.7 Å². The number of amides is 1. The van der Waals surface area contributed by atoms with E-state index in [1.165, 1.54) is 34.0 Å². The largest absolute Gasteiger partial charge is 0.461 e. The molecule has 1 aromatic heterocycles. The average molecular weight is 460 g/mol. The molecule has 0 aliphatic heterocycles. The summed E-state index contributed by atoms with van der Waals surface area (Å²) in [6.45, 7) is 3.94. The molecule has 0 aliphatic rings. The van der Waals surface area contributed by atoms with Gasteiger partial charge < -0.3 is 4.74 Å². The van der Waals surface area contributed by atoms with E-state index >= 15 is 0 Å². The SMILES string of the molecule is CCOC(=O)c1csc(NC(=O)c2ccc(S(=O)(=O)N(CC)c3ccccc3)cc2)n1. The Bertz CT molecular complexity index is 1160. The number of benzene rings is 2. The van der Waals surface area contributed by atoms with E-state index in [0.717, 1.165) is 11.3 Å². The summed E-state index contributed by atoms with van der Waals surface area (Å²) in [5, 5.41) is 4.33. The Labute approximate surface area is 184 Å². The number of nitrogens with zero attached hydrogens (tertiary/aromatic N) is 2. The molecular weight excluding hydrogens is 438 g/mol. The molecule has 8 nitrogen and oxygen atoms in total. The van der Waals surface area contributed by atoms with Crippen molar-refractivity contribution in [3.63, 3.8) is 0 Å². The minimum atomic E-state index is -3.78. The minimum absolute atomic E-state index is 0.0774. The maximum absolute atomic E-state index is 13.0. The molecule has 0 spiro atoms. The number of anilines is 2. The lowest BCUT2D eigenvalue weighted by Crippen LogP contribution is -2.30. The predicted molar refractivity (Wildman–Crippen MR) is 119 cm³/mol. The molecule has 3 aromatic rings. The minimum Gasteiger partial charge on any atom is -0.461 e. The zero-order chi connectivity index (χ0) is 22.4. The highest BCUT2D eigenvalue weighted by Gasteiger charge is 2.24. The standard InChI is InChI=1S/C21H21N3O5S2/c1-3-24(16-8-6-5-7-9-16)31(27,28)17-12-10-15(11-13-17)19(25)23-21-22-18(14-30-21)20(26)29-4-2/h5-14H,3-4H2,1-2H3,(H,22,23,25). The molecule has 0 atom stereocenters. The molecule has 0 bridgehead atoms. The van der Waals surface area contributed by atoms with Gasteiger partial charge in [-0.2, -0.15) is 0 Å². The van der Waals surface area contributed by atoms with Crippen molar-refractivity contribution in [1.29, 1.82) is 0 Å². The van der Waals surface area contributed by atoms with Crippen LogP contribution in [0.25, 0.3) is 0 Å². The molecule has 1 N–H and O–H groups in total. The van der Waals surface area contributed by atoms with Gasteiger partial charge in [0, 0.05) is 17.5 Å². The van der Waals surface area contributed by atoms with E-state index in [1.54, 1.807) is 38.1 Å². The summed E-state index contributed by atoms with van der Waals surface area (Å²) < 4.78 is 32.2. The molecule has 162 valence electrons. The second-order valence-electron chi connectivity index (χ2n) is 6.24. The first kappa shape index (κ1) is 22.4. The number of ether oxygens (including phenoxy) is 1. The van der Waals surface area contributed by atoms with Gasteiger partial charge in [0.25, 0.3) is 15.9 Å². The summed E-state index contributed by atoms with van der Waals surface area (Å²) >= 11 is 1.09. The van der Waals surface area contributed by atoms with Gasteiger partial charge >= 0.3 is 5.97 Å². The van der Waals surface area contributed by atoms with E-state index in [-0.39, 0.29) is 34.4 Å². The predicted octanol–water partition coefficient (Wildman–Crippen LogP) is 3.79. The second kappa shape index (κ2) is 9.71. The van der Waals surface area contributed by atoms with Gasteiger partial charge in [-0.15, -0.1) is 11.3 Å². The molecule has 2 aromatic carbocycles. The molecule has 0 saturated carbocycles. The van der Waals surface area contributed by atoms with E-state index in [1.807, 2.05) is 6.07 Å². The molecule has 3 rings (SSSR count). The fourth-order valence-corrected chi connectivity index (χ4v) is 4.94. The Morgan fingerprint density at radius 2 is 1.74 bits per heavy atom. The summed E-state index contributed by atoms with van der Waals surface area (Å²) in [6.07, 6.45) is 0. The topological polar surface area (TPSA) is 106 Å². The van der Waals surface area contributed by atoms with Crippen LogP contribution >= 0.6 is 11.3 Å². The van der Waals surface area contributed by atoms with Gasteiger partial charge in [0.05, 0.1) is 17.2 Å². The maximum atomic E-state index is 13.0. The van der Waals surface area contributed by atoms with Crippen LogP contribution in [0.3, 0.4) is 0 Å². The van der Waals surface area contributed by atoms with Crippen LogP contribution in [0.2, 0.25) is 0 Å². The zero-order valence-corrected chi connectivity index (χ0v) is 18.6. The van der Waals surface area contributed by atoms with Gasteiger partial charge in [-0.1, -0.05) is 18.2 Å². The number of thiazole rings is 1. The van der Waals surface area contributed by atoms with Gasteiger partial charge in [-0.3, -0.25) is 14.4 Å². The van der Waals surface area contributed by atoms with Gasteiger partial charge in [-0.25, -0.2) is 18.2 Å². The highest BCUT2D eigenvalue weighted by Crippen LogP contribution is 2.24. The van der Waals surface area contributed by atoms with Crippen molar-refractivity contribution in [3.05, 3.63) is 71.2 Å². The van der Waals surface area contributed by atoms with Crippen LogP contribution in [-0.2, 0) is 14.8 Å². The Kier molecular flexibility index (Phi) is 7.03. The third-order valence-corrected chi connectivity index (χ3v) is 6.92. The highest BCUT2D eigenvalue weighted by atomic mass is 32.2. The van der Waals surface area contributed by atoms with Crippen LogP contribution in [0.15, 0.2) is 64.9 Å². The summed E-state index contributed by atoms with van der Waals surface area (Å²) in [7, 11) is -3.78. The maximum Gasteiger partial charge on any atom is 0.357 e. The number of para-hydroxylation sites is 1. The van der Waals surface area contributed by atoms with Crippen molar-refractivity contribution in [2.75, 3.05) is 22.8 Å². The number of aromatic nitrogens is 1. The number of carbonyl (C=O) groups excluding carboxylic acids is 2. The Morgan fingerprint density at radius 3 is 2.35 bits per heavy atom. The lowest BCUT2D eigenvalue weighted by atomic mass is 10.2. The molecule has 0 unspecified atom stereocenters. The fourth-order valence-electron chi connectivity index (χ4n) is 2.79. The summed E-state index contributed by atoms with van der Waals surface area (Å²) in [4.78, 5) is 28.3. The van der Waals surface area contributed by atoms with Crippen LogP contribution < -0.4 is 9.62 Å². The quantitative estimate of drug-likeness (QED) is 0.514. The molecule has 1 amide bonds. The molecule has 10 heteroatoms. The van der Waals surface area contributed by atoms with Crippen molar-refractivity contribution < 1.29 is 22.7 Å². The number of rotatable bonds is 8. The first-order valence-corrected chi connectivity index (χ1v) is 11.8. The molecular formula is C21H21N3O5S2. The first-order valence-electron chi connectivity index (χ1n) is 9.48. The van der Waals surface area contributed by atoms with E-state index in [2.05, 4.69) is 10.3 Å². The zero-order valence-electron chi connectivity index (χ0n) is 16.9. The van der Waals surface area contributed by atoms with Crippen molar-refractivity contribution >= 4 is 44.1 Å². The van der Waals surface area contributed by atoms with Crippen molar-refractivity contribution in [2.24, 2.45) is 0 Å². The lowest BCUT2D eigenvalue weighted by molar-refractivity contribution is 0.0520. The summed E-state index contributed by atoms with van der Waals surface area (Å²) in [6, 6.07) is 14.4. The normalized spacial score (nSPS) is 11.0. The van der Waals surface area contributed by atoms with Gasteiger partial charge in [-0.05, 0) is 50.2 Å². The number of sulfonamides is 1. The van der Waals surface area contributed by atoms with Crippen LogP contribution in [0.5, 0.6) is 0 Å². The van der Waals surface area contributed by atoms with Gasteiger partial charge in [0.1, 0.15) is 0 Å². The molecule has 1 heterocycles. The molecule has 31 heavy (non-hydrogen) atoms. The van der Waals surface area contributed by atoms with E-state index < -0.39 is 21.9 Å².